The molecule has 0 saturated carbocycles. The van der Waals surface area contributed by atoms with E-state index in [1.807, 2.05) is 0 Å². The van der Waals surface area contributed by atoms with E-state index in [1.165, 1.54) is 0 Å². The number of nitrogens with two attached hydrogens (primary N) is 2. The largest absolute Gasteiger partial charge is 0.493 e. The molecule has 8 nitrogen and oxygen atoms in total. The van der Waals surface area contributed by atoms with Crippen LogP contribution in [0.1, 0.15) is 12.0 Å². The van der Waals surface area contributed by atoms with Crippen molar-refractivity contribution < 1.29 is 22.2 Å². The SMILES string of the molecule is NC(N)=NOS(=O)(=O)CC(=O)C1=Cc2cc(Cl)ccc2OCC1. The highest BCUT2D eigenvalue weighted by molar-refractivity contribution is 7.87. The smallest absolute Gasteiger partial charge is 0.336 e. The number of oxime groups is 1. The predicted octanol–water partition coefficient (Wildman–Crippen LogP) is 0.610. The van der Waals surface area contributed by atoms with Gasteiger partial charge in [-0.1, -0.05) is 11.6 Å². The standard InChI is InChI=1S/C13H14ClN3O5S/c14-10-1-2-12-9(6-10)5-8(3-4-21-12)11(18)7-23(19,20)22-17-13(15)16/h1-2,5-6H,3-4,7H2,(H4,15,16,17). The van der Waals surface area contributed by atoms with E-state index in [4.69, 9.17) is 27.8 Å². The summed E-state index contributed by atoms with van der Waals surface area (Å²) in [6.07, 6.45) is 1.80. The van der Waals surface area contributed by atoms with Crippen LogP contribution in [0.4, 0.5) is 0 Å². The highest BCUT2D eigenvalue weighted by Gasteiger charge is 2.23. The highest BCUT2D eigenvalue weighted by atomic mass is 35.5. The molecule has 4 N–H and O–H groups in total. The quantitative estimate of drug-likeness (QED) is 0.446. The number of guanidine groups is 1. The van der Waals surface area contributed by atoms with Crippen molar-refractivity contribution in [1.82, 2.24) is 0 Å². The topological polar surface area (TPSA) is 134 Å². The van der Waals surface area contributed by atoms with Gasteiger partial charge in [-0.25, -0.2) is 0 Å². The summed E-state index contributed by atoms with van der Waals surface area (Å²) in [6, 6.07) is 4.97. The van der Waals surface area contributed by atoms with Crippen molar-refractivity contribution in [3.8, 4) is 5.75 Å². The summed E-state index contributed by atoms with van der Waals surface area (Å²) in [5.74, 6) is -1.51. The van der Waals surface area contributed by atoms with Crippen molar-refractivity contribution in [2.75, 3.05) is 12.4 Å². The molecule has 0 bridgehead atoms. The molecule has 0 fully saturated rings. The molecular weight excluding hydrogens is 346 g/mol. The Hall–Kier alpha value is -2.26. The number of benzene rings is 1. The molecule has 1 heterocycles. The van der Waals surface area contributed by atoms with Gasteiger partial charge in [0.1, 0.15) is 5.75 Å². The lowest BCUT2D eigenvalue weighted by molar-refractivity contribution is -0.113. The van der Waals surface area contributed by atoms with Gasteiger partial charge in [0, 0.05) is 22.6 Å². The number of rotatable bonds is 5. The van der Waals surface area contributed by atoms with Crippen molar-refractivity contribution in [1.29, 1.82) is 0 Å². The van der Waals surface area contributed by atoms with Gasteiger partial charge in [-0.3, -0.25) is 9.08 Å². The molecule has 0 saturated heterocycles. The number of carbonyl (C=O) groups excluding carboxylic acids is 1. The Kier molecular flexibility index (Phi) is 5.12. The number of nitrogens with zero attached hydrogens (tertiary/aromatic N) is 1. The van der Waals surface area contributed by atoms with Gasteiger partial charge in [0.15, 0.2) is 11.5 Å². The fourth-order valence-corrected chi connectivity index (χ4v) is 2.83. The van der Waals surface area contributed by atoms with E-state index in [2.05, 4.69) is 9.44 Å². The molecule has 0 amide bonds. The van der Waals surface area contributed by atoms with Crippen LogP contribution in [0.5, 0.6) is 5.75 Å². The van der Waals surface area contributed by atoms with E-state index in [0.29, 0.717) is 16.3 Å². The van der Waals surface area contributed by atoms with Crippen molar-refractivity contribution in [3.05, 3.63) is 34.4 Å². The zero-order chi connectivity index (χ0) is 17.0. The molecular formula is C13H14ClN3O5S. The number of halogens is 1. The summed E-state index contributed by atoms with van der Waals surface area (Å²) in [7, 11) is -4.23. The van der Waals surface area contributed by atoms with Gasteiger partial charge in [0.05, 0.1) is 6.61 Å². The first-order valence-corrected chi connectivity index (χ1v) is 8.39. The average molecular weight is 360 g/mol. The number of Topliss-reactive ketones (excluding diaryl/α,β-unsaturated/α-hetero) is 1. The minimum Gasteiger partial charge on any atom is -0.493 e. The van der Waals surface area contributed by atoms with Crippen LogP contribution in [0.25, 0.3) is 6.08 Å². The van der Waals surface area contributed by atoms with E-state index in [1.54, 1.807) is 24.3 Å². The summed E-state index contributed by atoms with van der Waals surface area (Å²) in [6.45, 7) is 0.237. The first-order chi connectivity index (χ1) is 10.8. The van der Waals surface area contributed by atoms with E-state index in [9.17, 15) is 13.2 Å². The monoisotopic (exact) mass is 359 g/mol. The summed E-state index contributed by atoms with van der Waals surface area (Å²) in [4.78, 5) is 12.2. The average Bonchev–Trinajstić information content (AvgIpc) is 2.66. The number of carbonyl (C=O) groups is 1. The third-order valence-corrected chi connectivity index (χ3v) is 4.01. The zero-order valence-corrected chi connectivity index (χ0v) is 13.4. The van der Waals surface area contributed by atoms with Crippen LogP contribution < -0.4 is 16.2 Å². The van der Waals surface area contributed by atoms with E-state index >= 15 is 0 Å². The molecule has 0 aromatic heterocycles. The number of fused-ring (bicyclic) bond motifs is 1. The van der Waals surface area contributed by atoms with Crippen LogP contribution >= 0.6 is 11.6 Å². The van der Waals surface area contributed by atoms with Crippen LogP contribution in [-0.4, -0.2) is 32.5 Å². The maximum absolute atomic E-state index is 12.2. The van der Waals surface area contributed by atoms with Crippen molar-refractivity contribution in [2.24, 2.45) is 16.6 Å². The third-order valence-electron chi connectivity index (χ3n) is 2.85. The molecule has 1 aromatic rings. The molecule has 0 unspecified atom stereocenters. The van der Waals surface area contributed by atoms with Crippen LogP contribution in [0.3, 0.4) is 0 Å². The van der Waals surface area contributed by atoms with Crippen LogP contribution in [0.2, 0.25) is 5.02 Å². The van der Waals surface area contributed by atoms with Gasteiger partial charge in [-0.05, 0) is 29.4 Å². The van der Waals surface area contributed by atoms with Gasteiger partial charge in [-0.15, -0.1) is 0 Å². The van der Waals surface area contributed by atoms with Crippen molar-refractivity contribution in [2.45, 2.75) is 6.42 Å². The molecule has 0 aliphatic carbocycles. The number of hydrogen-bond donors (Lipinski definition) is 2. The molecule has 0 spiro atoms. The first-order valence-electron chi connectivity index (χ1n) is 6.43. The molecule has 124 valence electrons. The lowest BCUT2D eigenvalue weighted by Crippen LogP contribution is -2.25. The predicted molar refractivity (Wildman–Crippen MR) is 85.2 cm³/mol. The Morgan fingerprint density at radius 1 is 1.39 bits per heavy atom. The second-order valence-corrected chi connectivity index (χ2v) is 6.66. The summed E-state index contributed by atoms with van der Waals surface area (Å²) >= 11 is 5.91. The molecule has 1 aliphatic rings. The van der Waals surface area contributed by atoms with E-state index in [-0.39, 0.29) is 18.6 Å². The minimum absolute atomic E-state index is 0.237. The second kappa shape index (κ2) is 6.88. The van der Waals surface area contributed by atoms with Crippen LogP contribution in [0, 0.1) is 0 Å². The van der Waals surface area contributed by atoms with Gasteiger partial charge in [-0.2, -0.15) is 8.42 Å². The Morgan fingerprint density at radius 2 is 2.13 bits per heavy atom. The fraction of sp³-hybridized carbons (Fsp3) is 0.231. The van der Waals surface area contributed by atoms with Crippen molar-refractivity contribution in [3.63, 3.8) is 0 Å². The molecule has 0 radical (unpaired) electrons. The van der Waals surface area contributed by atoms with Gasteiger partial charge in [0.2, 0.25) is 5.96 Å². The number of ether oxygens (including phenoxy) is 1. The highest BCUT2D eigenvalue weighted by Crippen LogP contribution is 2.29. The molecule has 0 atom stereocenters. The summed E-state index contributed by atoms with van der Waals surface area (Å²) in [5, 5.41) is 3.40. The molecule has 10 heteroatoms. The van der Waals surface area contributed by atoms with Crippen molar-refractivity contribution >= 4 is 39.5 Å². The third kappa shape index (κ3) is 4.86. The van der Waals surface area contributed by atoms with Gasteiger partial charge in [0.25, 0.3) is 0 Å². The number of hydrogen-bond acceptors (Lipinski definition) is 6. The van der Waals surface area contributed by atoms with Gasteiger partial charge >= 0.3 is 10.1 Å². The normalized spacial score (nSPS) is 13.9. The first kappa shape index (κ1) is 17.1. The Bertz CT molecular complexity index is 785. The fourth-order valence-electron chi connectivity index (χ4n) is 1.89. The Morgan fingerprint density at radius 3 is 2.83 bits per heavy atom. The lowest BCUT2D eigenvalue weighted by Gasteiger charge is -2.05. The van der Waals surface area contributed by atoms with E-state index < -0.39 is 27.6 Å². The Balaban J connectivity index is 2.20. The van der Waals surface area contributed by atoms with Gasteiger partial charge < -0.3 is 16.2 Å². The Labute approximate surface area is 137 Å². The number of ketones is 1. The van der Waals surface area contributed by atoms with E-state index in [0.717, 1.165) is 0 Å². The maximum atomic E-state index is 12.2. The van der Waals surface area contributed by atoms with Crippen LogP contribution in [0.15, 0.2) is 28.9 Å². The lowest BCUT2D eigenvalue weighted by atomic mass is 10.1. The minimum atomic E-state index is -4.23. The molecule has 1 aromatic carbocycles. The van der Waals surface area contributed by atoms with Crippen LogP contribution in [-0.2, 0) is 19.2 Å². The zero-order valence-electron chi connectivity index (χ0n) is 11.9. The molecule has 1 aliphatic heterocycles. The molecule has 2 rings (SSSR count). The second-order valence-electron chi connectivity index (χ2n) is 4.67. The summed E-state index contributed by atoms with van der Waals surface area (Å²) < 4.78 is 32.9. The summed E-state index contributed by atoms with van der Waals surface area (Å²) in [5.41, 5.74) is 10.8. The maximum Gasteiger partial charge on any atom is 0.336 e. The molecule has 23 heavy (non-hydrogen) atoms.